The van der Waals surface area contributed by atoms with E-state index < -0.39 is 0 Å². The van der Waals surface area contributed by atoms with Crippen LogP contribution >= 0.6 is 11.6 Å². The zero-order chi connectivity index (χ0) is 12.8. The molecular formula is C14H22ClNO. The first-order chi connectivity index (χ1) is 8.06. The Hall–Kier alpha value is -0.730. The second kappa shape index (κ2) is 6.87. The number of hydrogen-bond acceptors (Lipinski definition) is 2. The monoisotopic (exact) mass is 255 g/mol. The summed E-state index contributed by atoms with van der Waals surface area (Å²) in [5.41, 5.74) is 2.24. The number of ether oxygens (including phenoxy) is 1. The van der Waals surface area contributed by atoms with Crippen LogP contribution in [0.3, 0.4) is 0 Å². The van der Waals surface area contributed by atoms with E-state index in [0.717, 1.165) is 29.4 Å². The Morgan fingerprint density at radius 2 is 2.06 bits per heavy atom. The molecule has 96 valence electrons. The Kier molecular flexibility index (Phi) is 5.79. The molecule has 0 aliphatic carbocycles. The number of aryl methyl sites for hydroxylation is 1. The van der Waals surface area contributed by atoms with Crippen molar-refractivity contribution in [2.75, 3.05) is 19.7 Å². The van der Waals surface area contributed by atoms with E-state index in [4.69, 9.17) is 16.3 Å². The van der Waals surface area contributed by atoms with Gasteiger partial charge in [-0.2, -0.15) is 0 Å². The first-order valence-corrected chi connectivity index (χ1v) is 6.57. The molecule has 0 aliphatic rings. The minimum Gasteiger partial charge on any atom is -0.492 e. The Labute approximate surface area is 109 Å². The van der Waals surface area contributed by atoms with E-state index >= 15 is 0 Å². The van der Waals surface area contributed by atoms with Crippen molar-refractivity contribution in [1.82, 2.24) is 5.32 Å². The maximum absolute atomic E-state index is 6.15. The van der Waals surface area contributed by atoms with Gasteiger partial charge in [0.1, 0.15) is 12.4 Å². The molecule has 1 N–H and O–H groups in total. The van der Waals surface area contributed by atoms with Crippen molar-refractivity contribution < 1.29 is 4.74 Å². The standard InChI is InChI=1S/C14H22ClNO/c1-5-16-6-7-17-14-8-11(4)13(15)9-12(14)10(2)3/h8-10,16H,5-7H2,1-4H3. The molecule has 0 unspecified atom stereocenters. The van der Waals surface area contributed by atoms with Gasteiger partial charge in [-0.25, -0.2) is 0 Å². The summed E-state index contributed by atoms with van der Waals surface area (Å²) in [7, 11) is 0. The highest BCUT2D eigenvalue weighted by molar-refractivity contribution is 6.31. The fourth-order valence-corrected chi connectivity index (χ4v) is 1.83. The maximum Gasteiger partial charge on any atom is 0.123 e. The van der Waals surface area contributed by atoms with Gasteiger partial charge in [0.25, 0.3) is 0 Å². The van der Waals surface area contributed by atoms with Crippen LogP contribution in [0.1, 0.15) is 37.8 Å². The van der Waals surface area contributed by atoms with E-state index in [9.17, 15) is 0 Å². The third-order valence-electron chi connectivity index (χ3n) is 2.70. The van der Waals surface area contributed by atoms with E-state index in [1.165, 1.54) is 5.56 Å². The first kappa shape index (κ1) is 14.3. The van der Waals surface area contributed by atoms with E-state index in [-0.39, 0.29) is 0 Å². The average molecular weight is 256 g/mol. The van der Waals surface area contributed by atoms with Crippen molar-refractivity contribution in [2.45, 2.75) is 33.6 Å². The first-order valence-electron chi connectivity index (χ1n) is 6.19. The topological polar surface area (TPSA) is 21.3 Å². The normalized spacial score (nSPS) is 10.9. The minimum absolute atomic E-state index is 0.419. The molecule has 0 amide bonds. The van der Waals surface area contributed by atoms with Crippen LogP contribution in [0.15, 0.2) is 12.1 Å². The van der Waals surface area contributed by atoms with Crippen LogP contribution in [0, 0.1) is 6.92 Å². The lowest BCUT2D eigenvalue weighted by atomic mass is 10.0. The van der Waals surface area contributed by atoms with Gasteiger partial charge in [0.05, 0.1) is 0 Å². The van der Waals surface area contributed by atoms with Crippen molar-refractivity contribution >= 4 is 11.6 Å². The number of benzene rings is 1. The number of rotatable bonds is 6. The minimum atomic E-state index is 0.419. The molecule has 0 spiro atoms. The van der Waals surface area contributed by atoms with Crippen molar-refractivity contribution in [3.05, 3.63) is 28.3 Å². The molecule has 0 aliphatic heterocycles. The van der Waals surface area contributed by atoms with Crippen molar-refractivity contribution in [3.8, 4) is 5.75 Å². The maximum atomic E-state index is 6.15. The average Bonchev–Trinajstić information content (AvgIpc) is 2.28. The fourth-order valence-electron chi connectivity index (χ4n) is 1.66. The van der Waals surface area contributed by atoms with Crippen LogP contribution < -0.4 is 10.1 Å². The largest absolute Gasteiger partial charge is 0.492 e. The predicted molar refractivity (Wildman–Crippen MR) is 74.3 cm³/mol. The predicted octanol–water partition coefficient (Wildman–Crippen LogP) is 3.76. The van der Waals surface area contributed by atoms with Gasteiger partial charge in [-0.05, 0) is 42.6 Å². The summed E-state index contributed by atoms with van der Waals surface area (Å²) in [4.78, 5) is 0. The zero-order valence-corrected chi connectivity index (χ0v) is 11.9. The molecule has 0 atom stereocenters. The molecule has 0 fully saturated rings. The molecule has 0 saturated carbocycles. The second-order valence-electron chi connectivity index (χ2n) is 4.50. The van der Waals surface area contributed by atoms with Gasteiger partial charge in [-0.15, -0.1) is 0 Å². The van der Waals surface area contributed by atoms with Gasteiger partial charge in [0.15, 0.2) is 0 Å². The second-order valence-corrected chi connectivity index (χ2v) is 4.90. The molecule has 1 aromatic rings. The van der Waals surface area contributed by atoms with Crippen molar-refractivity contribution in [1.29, 1.82) is 0 Å². The van der Waals surface area contributed by atoms with Crippen molar-refractivity contribution in [2.24, 2.45) is 0 Å². The van der Waals surface area contributed by atoms with Crippen LogP contribution in [-0.2, 0) is 0 Å². The molecule has 0 radical (unpaired) electrons. The molecule has 0 aromatic heterocycles. The summed E-state index contributed by atoms with van der Waals surface area (Å²) in [6, 6.07) is 4.05. The Bertz CT molecular complexity index is 363. The number of halogens is 1. The summed E-state index contributed by atoms with van der Waals surface area (Å²) < 4.78 is 5.82. The lowest BCUT2D eigenvalue weighted by Gasteiger charge is -2.16. The SMILES string of the molecule is CCNCCOc1cc(C)c(Cl)cc1C(C)C. The highest BCUT2D eigenvalue weighted by Crippen LogP contribution is 2.31. The third kappa shape index (κ3) is 4.21. The molecule has 17 heavy (non-hydrogen) atoms. The summed E-state index contributed by atoms with van der Waals surface area (Å²) in [6.45, 7) is 10.9. The molecule has 0 saturated heterocycles. The van der Waals surface area contributed by atoms with E-state index in [1.807, 2.05) is 19.1 Å². The Morgan fingerprint density at radius 1 is 1.35 bits per heavy atom. The van der Waals surface area contributed by atoms with E-state index in [2.05, 4.69) is 26.1 Å². The number of likely N-dealkylation sites (N-methyl/N-ethyl adjacent to an activating group) is 1. The quantitative estimate of drug-likeness (QED) is 0.782. The molecule has 2 nitrogen and oxygen atoms in total. The highest BCUT2D eigenvalue weighted by Gasteiger charge is 2.10. The van der Waals surface area contributed by atoms with Crippen LogP contribution in [-0.4, -0.2) is 19.7 Å². The summed E-state index contributed by atoms with van der Waals surface area (Å²) in [6.07, 6.45) is 0. The van der Waals surface area contributed by atoms with Crippen LogP contribution in [0.25, 0.3) is 0 Å². The Balaban J connectivity index is 2.78. The van der Waals surface area contributed by atoms with Gasteiger partial charge >= 0.3 is 0 Å². The molecule has 1 aromatic carbocycles. The molecule has 1 rings (SSSR count). The molecular weight excluding hydrogens is 234 g/mol. The van der Waals surface area contributed by atoms with Gasteiger partial charge in [0, 0.05) is 11.6 Å². The highest BCUT2D eigenvalue weighted by atomic mass is 35.5. The molecule has 3 heteroatoms. The Morgan fingerprint density at radius 3 is 2.65 bits per heavy atom. The van der Waals surface area contributed by atoms with Crippen molar-refractivity contribution in [3.63, 3.8) is 0 Å². The molecule has 0 heterocycles. The summed E-state index contributed by atoms with van der Waals surface area (Å²) in [5.74, 6) is 1.38. The zero-order valence-electron chi connectivity index (χ0n) is 11.1. The third-order valence-corrected chi connectivity index (χ3v) is 3.11. The number of hydrogen-bond donors (Lipinski definition) is 1. The van der Waals surface area contributed by atoms with Gasteiger partial charge in [0.2, 0.25) is 0 Å². The van der Waals surface area contributed by atoms with Gasteiger partial charge in [-0.3, -0.25) is 0 Å². The molecule has 0 bridgehead atoms. The lowest BCUT2D eigenvalue weighted by Crippen LogP contribution is -2.20. The van der Waals surface area contributed by atoms with Gasteiger partial charge in [-0.1, -0.05) is 32.4 Å². The van der Waals surface area contributed by atoms with Crippen LogP contribution in [0.4, 0.5) is 0 Å². The van der Waals surface area contributed by atoms with Gasteiger partial charge < -0.3 is 10.1 Å². The summed E-state index contributed by atoms with van der Waals surface area (Å²) >= 11 is 6.15. The number of nitrogens with one attached hydrogen (secondary N) is 1. The summed E-state index contributed by atoms with van der Waals surface area (Å²) in [5, 5.41) is 4.05. The van der Waals surface area contributed by atoms with E-state index in [0.29, 0.717) is 12.5 Å². The lowest BCUT2D eigenvalue weighted by molar-refractivity contribution is 0.311. The smallest absolute Gasteiger partial charge is 0.123 e. The van der Waals surface area contributed by atoms with E-state index in [1.54, 1.807) is 0 Å². The van der Waals surface area contributed by atoms with Crippen LogP contribution in [0.2, 0.25) is 5.02 Å². The fraction of sp³-hybridized carbons (Fsp3) is 0.571. The van der Waals surface area contributed by atoms with Crippen LogP contribution in [0.5, 0.6) is 5.75 Å².